The SMILES string of the molecule is CC1=C(C(=O)NCCC(c2ccccc2)c2ccccc2)C(c2cccc(Cl)c2)C(C(=O)OCc2ccccc2)=C(COCCc2ccccn2)N1. The van der Waals surface area contributed by atoms with Crippen molar-refractivity contribution >= 4 is 23.5 Å². The number of aromatic nitrogens is 1. The maximum absolute atomic E-state index is 14.3. The topological polar surface area (TPSA) is 89.6 Å². The third-order valence-electron chi connectivity index (χ3n) is 9.10. The van der Waals surface area contributed by atoms with Crippen LogP contribution in [0.2, 0.25) is 5.02 Å². The maximum Gasteiger partial charge on any atom is 0.337 e. The molecular weight excluding hydrogens is 670 g/mol. The van der Waals surface area contributed by atoms with E-state index in [0.717, 1.165) is 11.3 Å². The largest absolute Gasteiger partial charge is 0.457 e. The first-order chi connectivity index (χ1) is 25.5. The van der Waals surface area contributed by atoms with Crippen LogP contribution in [-0.2, 0) is 32.1 Å². The number of carbonyl (C=O) groups is 2. The molecule has 0 aliphatic carbocycles. The highest BCUT2D eigenvalue weighted by Crippen LogP contribution is 2.40. The second-order valence-corrected chi connectivity index (χ2v) is 13.1. The zero-order chi connectivity index (χ0) is 36.1. The normalized spacial score (nSPS) is 14.2. The molecule has 1 aliphatic heterocycles. The third-order valence-corrected chi connectivity index (χ3v) is 9.34. The Kier molecular flexibility index (Phi) is 12.7. The fraction of sp³-hybridized carbons (Fsp3) is 0.205. The van der Waals surface area contributed by atoms with Crippen molar-refractivity contribution in [2.75, 3.05) is 19.8 Å². The number of benzene rings is 4. The van der Waals surface area contributed by atoms with E-state index in [1.165, 1.54) is 11.1 Å². The maximum atomic E-state index is 14.3. The number of nitrogens with zero attached hydrogens (tertiary/aromatic N) is 1. The molecule has 0 spiro atoms. The molecule has 0 radical (unpaired) electrons. The van der Waals surface area contributed by atoms with Gasteiger partial charge in [-0.05, 0) is 59.9 Å². The molecule has 4 aromatic carbocycles. The van der Waals surface area contributed by atoms with Gasteiger partial charge in [0, 0.05) is 47.1 Å². The summed E-state index contributed by atoms with van der Waals surface area (Å²) in [5.74, 6) is -1.50. The summed E-state index contributed by atoms with van der Waals surface area (Å²) < 4.78 is 12.1. The quantitative estimate of drug-likeness (QED) is 0.0840. The molecule has 1 aromatic heterocycles. The van der Waals surface area contributed by atoms with Crippen molar-refractivity contribution in [3.8, 4) is 0 Å². The van der Waals surface area contributed by atoms with E-state index < -0.39 is 11.9 Å². The fourth-order valence-corrected chi connectivity index (χ4v) is 6.79. The number of amides is 1. The van der Waals surface area contributed by atoms with Gasteiger partial charge < -0.3 is 20.1 Å². The van der Waals surface area contributed by atoms with Gasteiger partial charge in [0.1, 0.15) is 6.61 Å². The number of pyridine rings is 1. The first-order valence-corrected chi connectivity index (χ1v) is 17.9. The monoisotopic (exact) mass is 711 g/mol. The lowest BCUT2D eigenvalue weighted by Crippen LogP contribution is -2.38. The van der Waals surface area contributed by atoms with E-state index in [-0.39, 0.29) is 25.0 Å². The Balaban J connectivity index is 1.28. The average Bonchev–Trinajstić information content (AvgIpc) is 3.18. The van der Waals surface area contributed by atoms with Crippen LogP contribution in [0.3, 0.4) is 0 Å². The zero-order valence-corrected chi connectivity index (χ0v) is 29.9. The van der Waals surface area contributed by atoms with E-state index in [1.54, 1.807) is 18.3 Å². The highest BCUT2D eigenvalue weighted by molar-refractivity contribution is 6.30. The summed E-state index contributed by atoms with van der Waals surface area (Å²) in [4.78, 5) is 33.0. The Labute approximate surface area is 310 Å². The van der Waals surface area contributed by atoms with Gasteiger partial charge in [0.25, 0.3) is 0 Å². The summed E-state index contributed by atoms with van der Waals surface area (Å²) in [5, 5.41) is 7.04. The minimum absolute atomic E-state index is 0.0733. The van der Waals surface area contributed by atoms with Gasteiger partial charge in [-0.3, -0.25) is 9.78 Å². The Bertz CT molecular complexity index is 1960. The van der Waals surface area contributed by atoms with Gasteiger partial charge in [0.05, 0.1) is 30.4 Å². The van der Waals surface area contributed by atoms with Crippen LogP contribution < -0.4 is 10.6 Å². The lowest BCUT2D eigenvalue weighted by molar-refractivity contribution is -0.140. The first kappa shape index (κ1) is 36.3. The molecule has 2 N–H and O–H groups in total. The Morgan fingerprint density at radius 1 is 0.808 bits per heavy atom. The number of hydrogen-bond donors (Lipinski definition) is 2. The second kappa shape index (κ2) is 18.1. The van der Waals surface area contributed by atoms with Crippen LogP contribution in [0.1, 0.15) is 53.1 Å². The van der Waals surface area contributed by atoms with Crippen LogP contribution in [0.25, 0.3) is 0 Å². The molecule has 7 nitrogen and oxygen atoms in total. The van der Waals surface area contributed by atoms with E-state index in [9.17, 15) is 9.59 Å². The number of ether oxygens (including phenoxy) is 2. The highest BCUT2D eigenvalue weighted by Gasteiger charge is 2.38. The summed E-state index contributed by atoms with van der Waals surface area (Å²) >= 11 is 6.53. The van der Waals surface area contributed by atoms with Gasteiger partial charge in [-0.2, -0.15) is 0 Å². The van der Waals surface area contributed by atoms with Crippen molar-refractivity contribution < 1.29 is 19.1 Å². The molecule has 1 unspecified atom stereocenters. The molecule has 2 heterocycles. The standard InChI is InChI=1S/C44H42ClN3O4/c1-31-40(43(49)47-26-23-38(33-16-7-3-8-17-33)34-18-9-4-10-19-34)41(35-20-13-21-36(45)28-35)42(44(50)52-29-32-14-5-2-6-15-32)39(48-31)30-51-27-24-37-22-11-12-25-46-37/h2-22,25,28,38,41,48H,23-24,26-27,29-30H2,1H3,(H,47,49). The fourth-order valence-electron chi connectivity index (χ4n) is 6.59. The molecule has 1 aliphatic rings. The van der Waals surface area contributed by atoms with E-state index in [2.05, 4.69) is 39.9 Å². The van der Waals surface area contributed by atoms with E-state index in [4.69, 9.17) is 21.1 Å². The predicted molar refractivity (Wildman–Crippen MR) is 204 cm³/mol. The van der Waals surface area contributed by atoms with Crippen molar-refractivity contribution in [2.24, 2.45) is 0 Å². The van der Waals surface area contributed by atoms with Crippen molar-refractivity contribution in [3.63, 3.8) is 0 Å². The minimum Gasteiger partial charge on any atom is -0.457 e. The molecule has 0 bridgehead atoms. The zero-order valence-electron chi connectivity index (χ0n) is 29.1. The van der Waals surface area contributed by atoms with Crippen LogP contribution in [0.5, 0.6) is 0 Å². The smallest absolute Gasteiger partial charge is 0.337 e. The number of halogens is 1. The molecule has 0 saturated heterocycles. The van der Waals surface area contributed by atoms with Crippen molar-refractivity contribution in [3.05, 3.63) is 195 Å². The molecule has 1 amide bonds. The Morgan fingerprint density at radius 3 is 2.13 bits per heavy atom. The molecule has 0 fully saturated rings. The van der Waals surface area contributed by atoms with Gasteiger partial charge in [-0.25, -0.2) is 4.79 Å². The van der Waals surface area contributed by atoms with E-state index in [1.807, 2.05) is 104 Å². The number of dihydropyridines is 1. The van der Waals surface area contributed by atoms with Crippen LogP contribution in [0.15, 0.2) is 162 Å². The number of rotatable bonds is 15. The van der Waals surface area contributed by atoms with Crippen LogP contribution >= 0.6 is 11.6 Å². The molecule has 6 rings (SSSR count). The number of esters is 1. The van der Waals surface area contributed by atoms with Crippen molar-refractivity contribution in [1.82, 2.24) is 15.6 Å². The Hall–Kier alpha value is -5.50. The van der Waals surface area contributed by atoms with Crippen molar-refractivity contribution in [2.45, 2.75) is 38.2 Å². The highest BCUT2D eigenvalue weighted by atomic mass is 35.5. The number of allylic oxidation sites excluding steroid dienone is 1. The minimum atomic E-state index is -0.767. The Morgan fingerprint density at radius 2 is 1.48 bits per heavy atom. The number of nitrogens with one attached hydrogen (secondary N) is 2. The molecule has 52 heavy (non-hydrogen) atoms. The molecule has 0 saturated carbocycles. The molecular formula is C44H42ClN3O4. The summed E-state index contributed by atoms with van der Waals surface area (Å²) in [6, 6.07) is 43.1. The van der Waals surface area contributed by atoms with Crippen LogP contribution in [0, 0.1) is 0 Å². The summed E-state index contributed by atoms with van der Waals surface area (Å²) in [7, 11) is 0. The van der Waals surface area contributed by atoms with E-state index in [0.29, 0.717) is 59.1 Å². The first-order valence-electron chi connectivity index (χ1n) is 17.5. The second-order valence-electron chi connectivity index (χ2n) is 12.6. The molecule has 8 heteroatoms. The summed E-state index contributed by atoms with van der Waals surface area (Å²) in [6.07, 6.45) is 3.04. The van der Waals surface area contributed by atoms with E-state index >= 15 is 0 Å². The number of carbonyl (C=O) groups excluding carboxylic acids is 2. The molecule has 5 aromatic rings. The third kappa shape index (κ3) is 9.43. The lowest BCUT2D eigenvalue weighted by atomic mass is 9.79. The van der Waals surface area contributed by atoms with Crippen molar-refractivity contribution in [1.29, 1.82) is 0 Å². The number of hydrogen-bond acceptors (Lipinski definition) is 6. The summed E-state index contributed by atoms with van der Waals surface area (Å²) in [6.45, 7) is 2.82. The van der Waals surface area contributed by atoms with Gasteiger partial charge in [-0.1, -0.05) is 121 Å². The lowest BCUT2D eigenvalue weighted by Gasteiger charge is -2.32. The average molecular weight is 712 g/mol. The predicted octanol–water partition coefficient (Wildman–Crippen LogP) is 8.29. The summed E-state index contributed by atoms with van der Waals surface area (Å²) in [5.41, 5.74) is 6.68. The van der Waals surface area contributed by atoms with Crippen LogP contribution in [0.4, 0.5) is 0 Å². The van der Waals surface area contributed by atoms with Crippen LogP contribution in [-0.4, -0.2) is 36.6 Å². The van der Waals surface area contributed by atoms with Gasteiger partial charge in [-0.15, -0.1) is 0 Å². The van der Waals surface area contributed by atoms with Gasteiger partial charge >= 0.3 is 5.97 Å². The molecule has 1 atom stereocenters. The van der Waals surface area contributed by atoms with Gasteiger partial charge in [0.2, 0.25) is 5.91 Å². The molecule has 264 valence electrons. The van der Waals surface area contributed by atoms with Gasteiger partial charge in [0.15, 0.2) is 0 Å².